The number of nitrogens with one attached hydrogen (secondary N) is 2. The summed E-state index contributed by atoms with van der Waals surface area (Å²) in [4.78, 5) is 11.8. The number of carbonyl (C=O) groups excluding carboxylic acids is 1. The second-order valence-electron chi connectivity index (χ2n) is 5.43. The zero-order valence-corrected chi connectivity index (χ0v) is 12.2. The second kappa shape index (κ2) is 7.85. The van der Waals surface area contributed by atoms with Crippen LogP contribution in [0.15, 0.2) is 35.9 Å². The van der Waals surface area contributed by atoms with Crippen LogP contribution in [0, 0.1) is 6.92 Å². The van der Waals surface area contributed by atoms with Gasteiger partial charge in [-0.25, -0.2) is 0 Å². The van der Waals surface area contributed by atoms with Crippen molar-refractivity contribution in [2.75, 3.05) is 19.6 Å². The topological polar surface area (TPSA) is 41.1 Å². The maximum atomic E-state index is 11.8. The first-order chi connectivity index (χ1) is 9.74. The second-order valence-corrected chi connectivity index (χ2v) is 5.43. The summed E-state index contributed by atoms with van der Waals surface area (Å²) < 4.78 is 0. The van der Waals surface area contributed by atoms with Gasteiger partial charge in [-0.15, -0.1) is 0 Å². The third-order valence-electron chi connectivity index (χ3n) is 3.66. The molecule has 0 aliphatic carbocycles. The van der Waals surface area contributed by atoms with Crippen LogP contribution in [0.1, 0.15) is 30.4 Å². The van der Waals surface area contributed by atoms with E-state index in [0.29, 0.717) is 13.0 Å². The van der Waals surface area contributed by atoms with E-state index in [1.807, 2.05) is 0 Å². The quantitative estimate of drug-likeness (QED) is 0.781. The van der Waals surface area contributed by atoms with Crippen molar-refractivity contribution >= 4 is 5.91 Å². The Hall–Kier alpha value is -1.61. The van der Waals surface area contributed by atoms with Crippen LogP contribution in [0.5, 0.6) is 0 Å². The number of aryl methyl sites for hydroxylation is 2. The molecule has 3 heteroatoms. The monoisotopic (exact) mass is 272 g/mol. The van der Waals surface area contributed by atoms with Gasteiger partial charge in [-0.05, 0) is 38.3 Å². The molecule has 0 bridgehead atoms. The average Bonchev–Trinajstić information content (AvgIpc) is 2.48. The molecule has 1 aromatic carbocycles. The molecule has 2 N–H and O–H groups in total. The van der Waals surface area contributed by atoms with Gasteiger partial charge in [-0.1, -0.05) is 41.5 Å². The molecule has 20 heavy (non-hydrogen) atoms. The van der Waals surface area contributed by atoms with Gasteiger partial charge in [-0.2, -0.15) is 0 Å². The summed E-state index contributed by atoms with van der Waals surface area (Å²) in [6.45, 7) is 4.76. The summed E-state index contributed by atoms with van der Waals surface area (Å²) in [6.07, 6.45) is 5.72. The first-order valence-electron chi connectivity index (χ1n) is 7.45. The highest BCUT2D eigenvalue weighted by molar-refractivity contribution is 5.76. The maximum absolute atomic E-state index is 11.8. The van der Waals surface area contributed by atoms with E-state index in [1.54, 1.807) is 0 Å². The van der Waals surface area contributed by atoms with E-state index in [1.165, 1.54) is 16.7 Å². The van der Waals surface area contributed by atoms with Crippen molar-refractivity contribution in [2.24, 2.45) is 0 Å². The Labute approximate surface area is 121 Å². The highest BCUT2D eigenvalue weighted by Crippen LogP contribution is 2.07. The molecule has 0 unspecified atom stereocenters. The number of hydrogen-bond donors (Lipinski definition) is 2. The third-order valence-corrected chi connectivity index (χ3v) is 3.66. The number of rotatable bonds is 6. The Morgan fingerprint density at radius 3 is 2.80 bits per heavy atom. The Kier molecular flexibility index (Phi) is 5.81. The molecule has 1 amide bonds. The fraction of sp³-hybridized carbons (Fsp3) is 0.471. The normalized spacial score (nSPS) is 14.8. The summed E-state index contributed by atoms with van der Waals surface area (Å²) in [7, 11) is 0. The smallest absolute Gasteiger partial charge is 0.220 e. The van der Waals surface area contributed by atoms with Crippen molar-refractivity contribution in [1.82, 2.24) is 10.6 Å². The molecule has 1 aromatic rings. The van der Waals surface area contributed by atoms with Gasteiger partial charge in [0.05, 0.1) is 0 Å². The molecule has 1 aliphatic rings. The van der Waals surface area contributed by atoms with Crippen molar-refractivity contribution in [3.8, 4) is 0 Å². The number of carbonyl (C=O) groups is 1. The number of hydrogen-bond acceptors (Lipinski definition) is 2. The first-order valence-corrected chi connectivity index (χ1v) is 7.45. The van der Waals surface area contributed by atoms with Crippen LogP contribution in [-0.2, 0) is 11.2 Å². The molecule has 0 aromatic heterocycles. The zero-order valence-electron chi connectivity index (χ0n) is 12.2. The van der Waals surface area contributed by atoms with Gasteiger partial charge in [0.25, 0.3) is 0 Å². The van der Waals surface area contributed by atoms with Crippen LogP contribution in [0.2, 0.25) is 0 Å². The summed E-state index contributed by atoms with van der Waals surface area (Å²) >= 11 is 0. The molecular weight excluding hydrogens is 248 g/mol. The van der Waals surface area contributed by atoms with Crippen molar-refractivity contribution < 1.29 is 4.79 Å². The minimum atomic E-state index is 0.163. The number of amides is 1. The summed E-state index contributed by atoms with van der Waals surface area (Å²) in [5, 5.41) is 6.28. The van der Waals surface area contributed by atoms with Crippen LogP contribution in [0.4, 0.5) is 0 Å². The lowest BCUT2D eigenvalue weighted by Crippen LogP contribution is -2.29. The zero-order chi connectivity index (χ0) is 14.2. The lowest BCUT2D eigenvalue weighted by atomic mass is 10.1. The van der Waals surface area contributed by atoms with Crippen molar-refractivity contribution in [3.63, 3.8) is 0 Å². The Morgan fingerprint density at radius 2 is 2.10 bits per heavy atom. The maximum Gasteiger partial charge on any atom is 0.220 e. The van der Waals surface area contributed by atoms with Gasteiger partial charge < -0.3 is 10.6 Å². The lowest BCUT2D eigenvalue weighted by molar-refractivity contribution is -0.121. The van der Waals surface area contributed by atoms with Gasteiger partial charge in [0, 0.05) is 19.5 Å². The molecule has 3 nitrogen and oxygen atoms in total. The molecule has 108 valence electrons. The van der Waals surface area contributed by atoms with Crippen molar-refractivity contribution in [3.05, 3.63) is 47.0 Å². The van der Waals surface area contributed by atoms with Crippen LogP contribution in [0.25, 0.3) is 0 Å². The Bertz CT molecular complexity index is 462. The molecular formula is C17H24N2O. The van der Waals surface area contributed by atoms with Crippen molar-refractivity contribution in [1.29, 1.82) is 0 Å². The largest absolute Gasteiger partial charge is 0.352 e. The van der Waals surface area contributed by atoms with E-state index < -0.39 is 0 Å². The fourth-order valence-corrected chi connectivity index (χ4v) is 2.34. The van der Waals surface area contributed by atoms with Crippen LogP contribution < -0.4 is 10.6 Å². The highest BCUT2D eigenvalue weighted by atomic mass is 16.1. The Balaban J connectivity index is 1.62. The van der Waals surface area contributed by atoms with Crippen LogP contribution >= 0.6 is 0 Å². The molecule has 0 saturated carbocycles. The van der Waals surface area contributed by atoms with Gasteiger partial charge >= 0.3 is 0 Å². The Morgan fingerprint density at radius 1 is 1.30 bits per heavy atom. The predicted molar refractivity (Wildman–Crippen MR) is 82.7 cm³/mol. The molecule has 0 radical (unpaired) electrons. The average molecular weight is 272 g/mol. The minimum absolute atomic E-state index is 0.163. The molecule has 0 atom stereocenters. The summed E-state index contributed by atoms with van der Waals surface area (Å²) in [6, 6.07) is 8.54. The lowest BCUT2D eigenvalue weighted by Gasteiger charge is -2.14. The fourth-order valence-electron chi connectivity index (χ4n) is 2.34. The predicted octanol–water partition coefficient (Wildman–Crippen LogP) is 2.35. The first kappa shape index (κ1) is 14.8. The summed E-state index contributed by atoms with van der Waals surface area (Å²) in [5.41, 5.74) is 3.93. The number of benzene rings is 1. The van der Waals surface area contributed by atoms with E-state index in [0.717, 1.165) is 32.4 Å². The van der Waals surface area contributed by atoms with E-state index in [4.69, 9.17) is 0 Å². The van der Waals surface area contributed by atoms with Gasteiger partial charge in [0.15, 0.2) is 0 Å². The van der Waals surface area contributed by atoms with Crippen LogP contribution in [0.3, 0.4) is 0 Å². The molecule has 0 fully saturated rings. The molecule has 2 rings (SSSR count). The van der Waals surface area contributed by atoms with E-state index in [2.05, 4.69) is 47.9 Å². The van der Waals surface area contributed by atoms with E-state index >= 15 is 0 Å². The highest BCUT2D eigenvalue weighted by Gasteiger charge is 2.05. The standard InChI is InChI=1S/C17H24N2O/c1-14-5-7-15(8-6-14)3-2-4-17(20)19-13-16-9-11-18-12-10-16/h5-9,18H,2-4,10-13H2,1H3,(H,19,20). The van der Waals surface area contributed by atoms with Gasteiger partial charge in [-0.3, -0.25) is 4.79 Å². The SMILES string of the molecule is Cc1ccc(CCCC(=O)NCC2=CCNCC2)cc1. The summed E-state index contributed by atoms with van der Waals surface area (Å²) in [5.74, 6) is 0.163. The minimum Gasteiger partial charge on any atom is -0.352 e. The molecule has 1 aliphatic heterocycles. The van der Waals surface area contributed by atoms with E-state index in [9.17, 15) is 4.79 Å². The third kappa shape index (κ3) is 5.17. The molecule has 0 spiro atoms. The molecule has 1 heterocycles. The van der Waals surface area contributed by atoms with Gasteiger partial charge in [0.2, 0.25) is 5.91 Å². The van der Waals surface area contributed by atoms with Crippen molar-refractivity contribution in [2.45, 2.75) is 32.6 Å². The van der Waals surface area contributed by atoms with E-state index in [-0.39, 0.29) is 5.91 Å². The van der Waals surface area contributed by atoms with Crippen LogP contribution in [-0.4, -0.2) is 25.5 Å². The molecule has 0 saturated heterocycles. The van der Waals surface area contributed by atoms with Gasteiger partial charge in [0.1, 0.15) is 0 Å².